The first-order valence-electron chi connectivity index (χ1n) is 5.65. The number of hydrogen-bond donors (Lipinski definition) is 2. The summed E-state index contributed by atoms with van der Waals surface area (Å²) in [6.45, 7) is 0. The lowest BCUT2D eigenvalue weighted by atomic mass is 10.2. The van der Waals surface area contributed by atoms with Gasteiger partial charge in [0, 0.05) is 27.0 Å². The Morgan fingerprint density at radius 2 is 1.89 bits per heavy atom. The van der Waals surface area contributed by atoms with Crippen LogP contribution < -0.4 is 11.1 Å². The van der Waals surface area contributed by atoms with Crippen LogP contribution in [0.3, 0.4) is 0 Å². The van der Waals surface area contributed by atoms with Gasteiger partial charge in [0.1, 0.15) is 0 Å². The summed E-state index contributed by atoms with van der Waals surface area (Å²) in [4.78, 5) is 13.7. The van der Waals surface area contributed by atoms with E-state index in [1.54, 1.807) is 19.2 Å². The molecule has 0 heterocycles. The van der Waals surface area contributed by atoms with E-state index < -0.39 is 0 Å². The van der Waals surface area contributed by atoms with Gasteiger partial charge in [-0.3, -0.25) is 4.79 Å². The fraction of sp³-hybridized carbons (Fsp3) is 0.0714. The fourth-order valence-electron chi connectivity index (χ4n) is 1.58. The number of benzene rings is 2. The molecular weight excluding hydrogens is 324 g/mol. The molecule has 0 saturated heterocycles. The molecule has 0 aromatic heterocycles. The first kappa shape index (κ1) is 14.0. The molecule has 0 spiro atoms. The number of rotatable bonds is 3. The zero-order chi connectivity index (χ0) is 13.8. The molecule has 0 aliphatic carbocycles. The lowest BCUT2D eigenvalue weighted by Crippen LogP contribution is -2.18. The zero-order valence-corrected chi connectivity index (χ0v) is 12.7. The third kappa shape index (κ3) is 3.52. The maximum Gasteiger partial charge on any atom is 0.252 e. The SMILES string of the molecule is CNC(=O)c1ccc(N)cc1Sc1ccc(Br)cc1. The second kappa shape index (κ2) is 6.12. The first-order chi connectivity index (χ1) is 9.10. The van der Waals surface area contributed by atoms with Crippen molar-refractivity contribution in [1.82, 2.24) is 5.32 Å². The highest BCUT2D eigenvalue weighted by Gasteiger charge is 2.11. The third-order valence-electron chi connectivity index (χ3n) is 2.52. The molecular formula is C14H13BrN2OS. The number of anilines is 1. The van der Waals surface area contributed by atoms with Crippen LogP contribution in [0, 0.1) is 0 Å². The van der Waals surface area contributed by atoms with Crippen molar-refractivity contribution in [2.75, 3.05) is 12.8 Å². The number of nitrogens with one attached hydrogen (secondary N) is 1. The quantitative estimate of drug-likeness (QED) is 0.843. The first-order valence-corrected chi connectivity index (χ1v) is 7.26. The number of carbonyl (C=O) groups is 1. The van der Waals surface area contributed by atoms with E-state index in [0.717, 1.165) is 14.3 Å². The molecule has 0 fully saturated rings. The Morgan fingerprint density at radius 3 is 2.53 bits per heavy atom. The number of nitrogens with two attached hydrogens (primary N) is 1. The summed E-state index contributed by atoms with van der Waals surface area (Å²) in [6.07, 6.45) is 0. The second-order valence-corrected chi connectivity index (χ2v) is 5.92. The van der Waals surface area contributed by atoms with E-state index >= 15 is 0 Å². The summed E-state index contributed by atoms with van der Waals surface area (Å²) in [5.74, 6) is -0.111. The smallest absolute Gasteiger partial charge is 0.252 e. The minimum absolute atomic E-state index is 0.111. The van der Waals surface area contributed by atoms with Crippen LogP contribution in [0.2, 0.25) is 0 Å². The Bertz CT molecular complexity index is 599. The molecule has 1 amide bonds. The van der Waals surface area contributed by atoms with Gasteiger partial charge in [-0.2, -0.15) is 0 Å². The number of halogens is 1. The molecule has 0 unspecified atom stereocenters. The van der Waals surface area contributed by atoms with Gasteiger partial charge in [-0.1, -0.05) is 27.7 Å². The molecule has 2 aromatic carbocycles. The molecule has 0 atom stereocenters. The number of carbonyl (C=O) groups excluding carboxylic acids is 1. The van der Waals surface area contributed by atoms with E-state index in [2.05, 4.69) is 21.2 Å². The van der Waals surface area contributed by atoms with Crippen molar-refractivity contribution < 1.29 is 4.79 Å². The van der Waals surface area contributed by atoms with Crippen molar-refractivity contribution in [3.8, 4) is 0 Å². The van der Waals surface area contributed by atoms with Crippen LogP contribution >= 0.6 is 27.7 Å². The van der Waals surface area contributed by atoms with Gasteiger partial charge in [-0.05, 0) is 42.5 Å². The monoisotopic (exact) mass is 336 g/mol. The Labute approximate surface area is 124 Å². The fourth-order valence-corrected chi connectivity index (χ4v) is 2.83. The van der Waals surface area contributed by atoms with Gasteiger partial charge >= 0.3 is 0 Å². The summed E-state index contributed by atoms with van der Waals surface area (Å²) in [5.41, 5.74) is 7.07. The van der Waals surface area contributed by atoms with E-state index in [4.69, 9.17) is 5.73 Å². The molecule has 0 radical (unpaired) electrons. The van der Waals surface area contributed by atoms with Gasteiger partial charge in [0.25, 0.3) is 5.91 Å². The predicted molar refractivity (Wildman–Crippen MR) is 82.5 cm³/mol. The molecule has 2 rings (SSSR count). The molecule has 0 aliphatic heterocycles. The van der Waals surface area contributed by atoms with E-state index in [9.17, 15) is 4.79 Å². The van der Waals surface area contributed by atoms with Crippen LogP contribution in [-0.4, -0.2) is 13.0 Å². The van der Waals surface area contributed by atoms with Crippen LogP contribution in [0.25, 0.3) is 0 Å². The van der Waals surface area contributed by atoms with Crippen molar-refractivity contribution in [2.24, 2.45) is 0 Å². The Morgan fingerprint density at radius 1 is 1.21 bits per heavy atom. The van der Waals surface area contributed by atoms with E-state index in [1.807, 2.05) is 30.3 Å². The van der Waals surface area contributed by atoms with Gasteiger partial charge in [0.05, 0.1) is 5.56 Å². The molecule has 3 nitrogen and oxygen atoms in total. The van der Waals surface area contributed by atoms with Crippen molar-refractivity contribution in [3.63, 3.8) is 0 Å². The highest BCUT2D eigenvalue weighted by Crippen LogP contribution is 2.32. The lowest BCUT2D eigenvalue weighted by Gasteiger charge is -2.09. The molecule has 0 aliphatic rings. The van der Waals surface area contributed by atoms with Crippen LogP contribution in [0.1, 0.15) is 10.4 Å². The molecule has 2 aromatic rings. The number of amides is 1. The molecule has 98 valence electrons. The Balaban J connectivity index is 2.35. The summed E-state index contributed by atoms with van der Waals surface area (Å²) >= 11 is 4.92. The van der Waals surface area contributed by atoms with Gasteiger partial charge in [-0.15, -0.1) is 0 Å². The maximum absolute atomic E-state index is 11.8. The minimum Gasteiger partial charge on any atom is -0.399 e. The maximum atomic E-state index is 11.8. The van der Waals surface area contributed by atoms with Gasteiger partial charge in [-0.25, -0.2) is 0 Å². The van der Waals surface area contributed by atoms with Crippen molar-refractivity contribution in [3.05, 3.63) is 52.5 Å². The molecule has 3 N–H and O–H groups in total. The number of nitrogen functional groups attached to an aromatic ring is 1. The van der Waals surface area contributed by atoms with Gasteiger partial charge in [0.15, 0.2) is 0 Å². The summed E-state index contributed by atoms with van der Waals surface area (Å²) in [7, 11) is 1.62. The topological polar surface area (TPSA) is 55.1 Å². The largest absolute Gasteiger partial charge is 0.399 e. The van der Waals surface area contributed by atoms with Crippen molar-refractivity contribution in [2.45, 2.75) is 9.79 Å². The van der Waals surface area contributed by atoms with E-state index in [1.165, 1.54) is 11.8 Å². The minimum atomic E-state index is -0.111. The average Bonchev–Trinajstić information content (AvgIpc) is 2.41. The van der Waals surface area contributed by atoms with Crippen LogP contribution in [0.15, 0.2) is 56.7 Å². The molecule has 0 saturated carbocycles. The van der Waals surface area contributed by atoms with Crippen LogP contribution in [-0.2, 0) is 0 Å². The summed E-state index contributed by atoms with van der Waals surface area (Å²) < 4.78 is 1.02. The predicted octanol–water partition coefficient (Wildman–Crippen LogP) is 3.54. The van der Waals surface area contributed by atoms with E-state index in [-0.39, 0.29) is 5.91 Å². The van der Waals surface area contributed by atoms with Crippen LogP contribution in [0.4, 0.5) is 5.69 Å². The van der Waals surface area contributed by atoms with Gasteiger partial charge in [0.2, 0.25) is 0 Å². The molecule has 19 heavy (non-hydrogen) atoms. The third-order valence-corrected chi connectivity index (χ3v) is 4.11. The van der Waals surface area contributed by atoms with E-state index in [0.29, 0.717) is 11.3 Å². The number of hydrogen-bond acceptors (Lipinski definition) is 3. The summed E-state index contributed by atoms with van der Waals surface area (Å²) in [6, 6.07) is 13.2. The Hall–Kier alpha value is -1.46. The van der Waals surface area contributed by atoms with Crippen LogP contribution in [0.5, 0.6) is 0 Å². The highest BCUT2D eigenvalue weighted by atomic mass is 79.9. The molecule has 0 bridgehead atoms. The van der Waals surface area contributed by atoms with Crippen molar-refractivity contribution >= 4 is 39.3 Å². The van der Waals surface area contributed by atoms with Crippen molar-refractivity contribution in [1.29, 1.82) is 0 Å². The normalized spacial score (nSPS) is 10.2. The highest BCUT2D eigenvalue weighted by molar-refractivity contribution is 9.10. The van der Waals surface area contributed by atoms with Gasteiger partial charge < -0.3 is 11.1 Å². The zero-order valence-electron chi connectivity index (χ0n) is 10.3. The average molecular weight is 337 g/mol. The lowest BCUT2D eigenvalue weighted by molar-refractivity contribution is 0.0960. The standard InChI is InChI=1S/C14H13BrN2OS/c1-17-14(18)12-7-4-10(16)8-13(12)19-11-5-2-9(15)3-6-11/h2-8H,16H2,1H3,(H,17,18). The molecule has 5 heteroatoms. The second-order valence-electron chi connectivity index (χ2n) is 3.89. The summed E-state index contributed by atoms with van der Waals surface area (Å²) in [5, 5.41) is 2.64. The Kier molecular flexibility index (Phi) is 4.50.